The molecule has 1 amide bonds. The standard InChI is InChI=1S/C23H29FN2O3/c1-16(17-7-9-18(24)10-8-17)25(2)23(27)15-26-13-5-6-21(26)20-14-19(28-3)11-12-22(20)29-4/h7-12,14,16,21H,5-6,13,15H2,1-4H3. The summed E-state index contributed by atoms with van der Waals surface area (Å²) in [6.07, 6.45) is 1.99. The molecule has 0 aliphatic carbocycles. The molecule has 1 fully saturated rings. The van der Waals surface area contributed by atoms with Crippen LogP contribution in [0.4, 0.5) is 4.39 Å². The van der Waals surface area contributed by atoms with E-state index in [2.05, 4.69) is 4.90 Å². The van der Waals surface area contributed by atoms with Crippen LogP contribution in [0.3, 0.4) is 0 Å². The van der Waals surface area contributed by atoms with Gasteiger partial charge in [0.25, 0.3) is 0 Å². The van der Waals surface area contributed by atoms with E-state index in [1.807, 2.05) is 25.1 Å². The first kappa shape index (κ1) is 21.1. The third-order valence-corrected chi connectivity index (χ3v) is 5.82. The molecule has 0 N–H and O–H groups in total. The summed E-state index contributed by atoms with van der Waals surface area (Å²) in [5.41, 5.74) is 1.96. The van der Waals surface area contributed by atoms with Gasteiger partial charge in [-0.15, -0.1) is 0 Å². The Bertz CT molecular complexity index is 841. The van der Waals surface area contributed by atoms with Crippen LogP contribution in [0.5, 0.6) is 11.5 Å². The van der Waals surface area contributed by atoms with Crippen LogP contribution >= 0.6 is 0 Å². The Labute approximate surface area is 172 Å². The number of carbonyl (C=O) groups excluding carboxylic acids is 1. The van der Waals surface area contributed by atoms with Gasteiger partial charge in [0, 0.05) is 18.7 Å². The number of methoxy groups -OCH3 is 2. The summed E-state index contributed by atoms with van der Waals surface area (Å²) in [6, 6.07) is 12.1. The fourth-order valence-electron chi connectivity index (χ4n) is 3.93. The monoisotopic (exact) mass is 400 g/mol. The number of halogens is 1. The van der Waals surface area contributed by atoms with Gasteiger partial charge in [0.1, 0.15) is 17.3 Å². The maximum Gasteiger partial charge on any atom is 0.237 e. The number of rotatable bonds is 7. The third-order valence-electron chi connectivity index (χ3n) is 5.82. The van der Waals surface area contributed by atoms with Crippen LogP contribution < -0.4 is 9.47 Å². The van der Waals surface area contributed by atoms with E-state index in [-0.39, 0.29) is 23.8 Å². The lowest BCUT2D eigenvalue weighted by molar-refractivity contribution is -0.133. The Morgan fingerprint density at radius 2 is 1.93 bits per heavy atom. The van der Waals surface area contributed by atoms with E-state index < -0.39 is 0 Å². The first-order valence-electron chi connectivity index (χ1n) is 9.91. The van der Waals surface area contributed by atoms with Gasteiger partial charge in [0.15, 0.2) is 0 Å². The fraction of sp³-hybridized carbons (Fsp3) is 0.435. The molecule has 1 saturated heterocycles. The Morgan fingerprint density at radius 1 is 1.21 bits per heavy atom. The molecule has 156 valence electrons. The highest BCUT2D eigenvalue weighted by Crippen LogP contribution is 2.38. The van der Waals surface area contributed by atoms with E-state index >= 15 is 0 Å². The van der Waals surface area contributed by atoms with E-state index in [0.717, 1.165) is 42.0 Å². The number of carbonyl (C=O) groups is 1. The van der Waals surface area contributed by atoms with Gasteiger partial charge in [-0.1, -0.05) is 12.1 Å². The fourth-order valence-corrected chi connectivity index (χ4v) is 3.93. The lowest BCUT2D eigenvalue weighted by Gasteiger charge is -2.30. The normalized spacial score (nSPS) is 17.8. The van der Waals surface area contributed by atoms with Crippen molar-refractivity contribution >= 4 is 5.91 Å². The summed E-state index contributed by atoms with van der Waals surface area (Å²) < 4.78 is 24.1. The first-order chi connectivity index (χ1) is 13.9. The van der Waals surface area contributed by atoms with Gasteiger partial charge in [0.05, 0.1) is 26.8 Å². The van der Waals surface area contributed by atoms with Crippen molar-refractivity contribution in [2.45, 2.75) is 31.8 Å². The molecule has 1 heterocycles. The molecule has 2 unspecified atom stereocenters. The van der Waals surface area contributed by atoms with Crippen LogP contribution in [0.15, 0.2) is 42.5 Å². The maximum atomic E-state index is 13.2. The zero-order valence-corrected chi connectivity index (χ0v) is 17.5. The van der Waals surface area contributed by atoms with Gasteiger partial charge in [-0.3, -0.25) is 9.69 Å². The molecule has 0 aromatic heterocycles. The van der Waals surface area contributed by atoms with Crippen molar-refractivity contribution in [2.75, 3.05) is 34.4 Å². The van der Waals surface area contributed by atoms with Crippen molar-refractivity contribution in [2.24, 2.45) is 0 Å². The number of hydrogen-bond acceptors (Lipinski definition) is 4. The molecular formula is C23H29FN2O3. The summed E-state index contributed by atoms with van der Waals surface area (Å²) in [4.78, 5) is 16.9. The van der Waals surface area contributed by atoms with E-state index in [4.69, 9.17) is 9.47 Å². The molecule has 29 heavy (non-hydrogen) atoms. The number of likely N-dealkylation sites (tertiary alicyclic amines) is 1. The van der Waals surface area contributed by atoms with Crippen LogP contribution in [0, 0.1) is 5.82 Å². The molecule has 0 saturated carbocycles. The van der Waals surface area contributed by atoms with Gasteiger partial charge in [0.2, 0.25) is 5.91 Å². The molecule has 0 bridgehead atoms. The van der Waals surface area contributed by atoms with E-state index in [1.165, 1.54) is 12.1 Å². The van der Waals surface area contributed by atoms with Gasteiger partial charge in [-0.2, -0.15) is 0 Å². The van der Waals surface area contributed by atoms with Crippen LogP contribution in [0.1, 0.15) is 43.0 Å². The maximum absolute atomic E-state index is 13.2. The van der Waals surface area contributed by atoms with Crippen LogP contribution in [0.25, 0.3) is 0 Å². The van der Waals surface area contributed by atoms with Gasteiger partial charge in [-0.25, -0.2) is 4.39 Å². The van der Waals surface area contributed by atoms with Gasteiger partial charge >= 0.3 is 0 Å². The number of likely N-dealkylation sites (N-methyl/N-ethyl adjacent to an activating group) is 1. The highest BCUT2D eigenvalue weighted by Gasteiger charge is 2.31. The van der Waals surface area contributed by atoms with Crippen LogP contribution in [-0.2, 0) is 4.79 Å². The van der Waals surface area contributed by atoms with Gasteiger partial charge < -0.3 is 14.4 Å². The predicted molar refractivity (Wildman–Crippen MR) is 111 cm³/mol. The Kier molecular flexibility index (Phi) is 6.75. The second-order valence-corrected chi connectivity index (χ2v) is 7.47. The van der Waals surface area contributed by atoms with Crippen LogP contribution in [0.2, 0.25) is 0 Å². The number of nitrogens with zero attached hydrogens (tertiary/aromatic N) is 2. The van der Waals surface area contributed by atoms with Crippen molar-refractivity contribution in [3.05, 3.63) is 59.4 Å². The Balaban J connectivity index is 1.73. The molecular weight excluding hydrogens is 371 g/mol. The molecule has 0 spiro atoms. The summed E-state index contributed by atoms with van der Waals surface area (Å²) in [5.74, 6) is 1.35. The van der Waals surface area contributed by atoms with Gasteiger partial charge in [-0.05, 0) is 62.2 Å². The molecule has 1 aliphatic heterocycles. The van der Waals surface area contributed by atoms with E-state index in [0.29, 0.717) is 6.54 Å². The van der Waals surface area contributed by atoms with Crippen molar-refractivity contribution in [3.63, 3.8) is 0 Å². The second-order valence-electron chi connectivity index (χ2n) is 7.47. The number of hydrogen-bond donors (Lipinski definition) is 0. The first-order valence-corrected chi connectivity index (χ1v) is 9.91. The highest BCUT2D eigenvalue weighted by atomic mass is 19.1. The minimum absolute atomic E-state index is 0.0376. The SMILES string of the molecule is COc1ccc(OC)c(C2CCCN2CC(=O)N(C)C(C)c2ccc(F)cc2)c1. The van der Waals surface area contributed by atoms with Crippen molar-refractivity contribution in [3.8, 4) is 11.5 Å². The Hall–Kier alpha value is -2.60. The summed E-state index contributed by atoms with van der Waals surface area (Å²) in [6.45, 7) is 3.14. The molecule has 2 aromatic rings. The smallest absolute Gasteiger partial charge is 0.237 e. The van der Waals surface area contributed by atoms with Crippen molar-refractivity contribution in [1.82, 2.24) is 9.80 Å². The molecule has 0 radical (unpaired) electrons. The number of amides is 1. The average molecular weight is 400 g/mol. The van der Waals surface area contributed by atoms with Crippen LogP contribution in [-0.4, -0.2) is 50.1 Å². The summed E-state index contributed by atoms with van der Waals surface area (Å²) >= 11 is 0. The number of ether oxygens (including phenoxy) is 2. The second kappa shape index (κ2) is 9.27. The summed E-state index contributed by atoms with van der Waals surface area (Å²) in [7, 11) is 5.11. The minimum atomic E-state index is -0.276. The third kappa shape index (κ3) is 4.70. The molecule has 6 heteroatoms. The molecule has 5 nitrogen and oxygen atoms in total. The molecule has 2 aromatic carbocycles. The average Bonchev–Trinajstić information content (AvgIpc) is 3.20. The highest BCUT2D eigenvalue weighted by molar-refractivity contribution is 5.78. The zero-order chi connectivity index (χ0) is 21.0. The largest absolute Gasteiger partial charge is 0.497 e. The topological polar surface area (TPSA) is 42.0 Å². The van der Waals surface area contributed by atoms with E-state index in [9.17, 15) is 9.18 Å². The summed E-state index contributed by atoms with van der Waals surface area (Å²) in [5, 5.41) is 0. The molecule has 3 rings (SSSR count). The van der Waals surface area contributed by atoms with Crippen molar-refractivity contribution in [1.29, 1.82) is 0 Å². The zero-order valence-electron chi connectivity index (χ0n) is 17.5. The quantitative estimate of drug-likeness (QED) is 0.699. The lowest BCUT2D eigenvalue weighted by atomic mass is 10.0. The molecule has 2 atom stereocenters. The Morgan fingerprint density at radius 3 is 2.59 bits per heavy atom. The minimum Gasteiger partial charge on any atom is -0.497 e. The van der Waals surface area contributed by atoms with E-state index in [1.54, 1.807) is 38.3 Å². The van der Waals surface area contributed by atoms with Crippen molar-refractivity contribution < 1.29 is 18.7 Å². The lowest BCUT2D eigenvalue weighted by Crippen LogP contribution is -2.39. The molecule has 1 aliphatic rings. The predicted octanol–water partition coefficient (Wildman–Crippen LogP) is 4.20. The number of benzene rings is 2.